The van der Waals surface area contributed by atoms with Gasteiger partial charge in [0.2, 0.25) is 0 Å². The third-order valence-electron chi connectivity index (χ3n) is 2.69. The number of aryl methyl sites for hydroxylation is 2. The highest BCUT2D eigenvalue weighted by molar-refractivity contribution is 7.92. The van der Waals surface area contributed by atoms with Gasteiger partial charge in [-0.25, -0.2) is 8.42 Å². The van der Waals surface area contributed by atoms with Gasteiger partial charge in [0, 0.05) is 11.9 Å². The van der Waals surface area contributed by atoms with Crippen molar-refractivity contribution in [1.29, 1.82) is 0 Å². The molecule has 0 bridgehead atoms. The number of nitrogens with zero attached hydrogens (tertiary/aromatic N) is 3. The lowest BCUT2D eigenvalue weighted by atomic mass is 10.3. The van der Waals surface area contributed by atoms with E-state index < -0.39 is 22.5 Å². The molecule has 0 unspecified atom stereocenters. The summed E-state index contributed by atoms with van der Waals surface area (Å²) in [5, 5.41) is 12.3. The first-order valence-electron chi connectivity index (χ1n) is 5.99. The number of nitrogens with one attached hydrogen (secondary N) is 1. The number of rotatable bonds is 5. The zero-order chi connectivity index (χ0) is 15.6. The Kier molecular flexibility index (Phi) is 3.94. The van der Waals surface area contributed by atoms with Crippen LogP contribution < -0.4 is 4.72 Å². The first-order chi connectivity index (χ1) is 9.78. The van der Waals surface area contributed by atoms with Crippen LogP contribution in [0.2, 0.25) is 0 Å². The van der Waals surface area contributed by atoms with Crippen LogP contribution in [0, 0.1) is 13.8 Å². The molecule has 21 heavy (non-hydrogen) atoms. The lowest BCUT2D eigenvalue weighted by molar-refractivity contribution is -0.137. The number of aliphatic carboxylic acids is 1. The molecule has 0 amide bonds. The molecule has 0 atom stereocenters. The predicted molar refractivity (Wildman–Crippen MR) is 74.4 cm³/mol. The summed E-state index contributed by atoms with van der Waals surface area (Å²) in [5.74, 6) is -1.10. The van der Waals surface area contributed by atoms with Gasteiger partial charge in [-0.2, -0.15) is 5.10 Å². The Labute approximate surface area is 121 Å². The molecule has 0 fully saturated rings. The molecule has 0 aromatic carbocycles. The van der Waals surface area contributed by atoms with Gasteiger partial charge in [-0.05, 0) is 26.0 Å². The van der Waals surface area contributed by atoms with Crippen LogP contribution in [0.3, 0.4) is 0 Å². The second-order valence-corrected chi connectivity index (χ2v) is 6.14. The van der Waals surface area contributed by atoms with E-state index in [4.69, 9.17) is 5.11 Å². The summed E-state index contributed by atoms with van der Waals surface area (Å²) in [7, 11) is -3.83. The fourth-order valence-corrected chi connectivity index (χ4v) is 2.78. The Morgan fingerprint density at radius 2 is 2.10 bits per heavy atom. The summed E-state index contributed by atoms with van der Waals surface area (Å²) >= 11 is 0. The minimum Gasteiger partial charge on any atom is -0.480 e. The second-order valence-electron chi connectivity index (χ2n) is 4.46. The highest BCUT2D eigenvalue weighted by Gasteiger charge is 2.18. The molecular weight excluding hydrogens is 296 g/mol. The molecule has 112 valence electrons. The number of hydrogen-bond acceptors (Lipinski definition) is 5. The number of sulfonamides is 1. The molecule has 0 saturated carbocycles. The standard InChI is InChI=1S/C12H14N4O4S/c1-8-3-4-11(9(2)14-8)15-21(19,20)10-5-13-16(6-10)7-12(17)18/h3-6,15H,7H2,1-2H3,(H,17,18). The fourth-order valence-electron chi connectivity index (χ4n) is 1.71. The Balaban J connectivity index is 2.25. The van der Waals surface area contributed by atoms with Crippen LogP contribution in [0.5, 0.6) is 0 Å². The van der Waals surface area contributed by atoms with Gasteiger partial charge in [0.05, 0.1) is 17.6 Å². The van der Waals surface area contributed by atoms with Gasteiger partial charge >= 0.3 is 5.97 Å². The van der Waals surface area contributed by atoms with Gasteiger partial charge < -0.3 is 5.11 Å². The van der Waals surface area contributed by atoms with E-state index in [1.807, 2.05) is 0 Å². The smallest absolute Gasteiger partial charge is 0.325 e. The molecule has 2 aromatic heterocycles. The molecule has 0 aliphatic heterocycles. The summed E-state index contributed by atoms with van der Waals surface area (Å²) in [6, 6.07) is 3.32. The van der Waals surface area contributed by atoms with E-state index in [9.17, 15) is 13.2 Å². The van der Waals surface area contributed by atoms with Crippen LogP contribution in [0.15, 0.2) is 29.4 Å². The summed E-state index contributed by atoms with van der Waals surface area (Å²) in [6.45, 7) is 3.10. The third-order valence-corrected chi connectivity index (χ3v) is 4.01. The van der Waals surface area contributed by atoms with Gasteiger partial charge in [0.15, 0.2) is 0 Å². The first-order valence-corrected chi connectivity index (χ1v) is 7.47. The minimum atomic E-state index is -3.83. The van der Waals surface area contributed by atoms with Gasteiger partial charge in [0.1, 0.15) is 11.4 Å². The molecule has 0 radical (unpaired) electrons. The van der Waals surface area contributed by atoms with E-state index >= 15 is 0 Å². The van der Waals surface area contributed by atoms with Crippen molar-refractivity contribution >= 4 is 21.7 Å². The molecule has 0 saturated heterocycles. The summed E-state index contributed by atoms with van der Waals surface area (Å²) in [6.07, 6.45) is 2.26. The van der Waals surface area contributed by atoms with Crippen LogP contribution in [-0.4, -0.2) is 34.3 Å². The maximum Gasteiger partial charge on any atom is 0.325 e. The molecule has 0 spiro atoms. The van der Waals surface area contributed by atoms with Crippen molar-refractivity contribution in [3.63, 3.8) is 0 Å². The summed E-state index contributed by atoms with van der Waals surface area (Å²) in [5.41, 5.74) is 1.70. The van der Waals surface area contributed by atoms with Crippen LogP contribution in [0.1, 0.15) is 11.4 Å². The maximum atomic E-state index is 12.2. The molecule has 8 nitrogen and oxygen atoms in total. The number of carboxylic acids is 1. The molecule has 2 N–H and O–H groups in total. The topological polar surface area (TPSA) is 114 Å². The Morgan fingerprint density at radius 3 is 2.71 bits per heavy atom. The predicted octanol–water partition coefficient (Wildman–Crippen LogP) is 0.780. The lowest BCUT2D eigenvalue weighted by Gasteiger charge is -2.08. The maximum absolute atomic E-state index is 12.2. The largest absolute Gasteiger partial charge is 0.480 e. The molecule has 2 aromatic rings. The van der Waals surface area contributed by atoms with Crippen molar-refractivity contribution in [2.75, 3.05) is 4.72 Å². The number of hydrogen-bond donors (Lipinski definition) is 2. The molecule has 2 heterocycles. The molecular formula is C12H14N4O4S. The normalized spacial score (nSPS) is 11.3. The van der Waals surface area contributed by atoms with E-state index in [2.05, 4.69) is 14.8 Å². The summed E-state index contributed by atoms with van der Waals surface area (Å²) < 4.78 is 27.8. The average molecular weight is 310 g/mol. The van der Waals surface area contributed by atoms with Gasteiger partial charge in [-0.3, -0.25) is 19.2 Å². The second kappa shape index (κ2) is 5.52. The van der Waals surface area contributed by atoms with Crippen LogP contribution in [0.25, 0.3) is 0 Å². The molecule has 0 aliphatic rings. The monoisotopic (exact) mass is 310 g/mol. The SMILES string of the molecule is Cc1ccc(NS(=O)(=O)c2cnn(CC(=O)O)c2)c(C)n1. The fraction of sp³-hybridized carbons (Fsp3) is 0.250. The van der Waals surface area contributed by atoms with Crippen LogP contribution in [0.4, 0.5) is 5.69 Å². The van der Waals surface area contributed by atoms with Crippen molar-refractivity contribution in [1.82, 2.24) is 14.8 Å². The molecule has 9 heteroatoms. The van der Waals surface area contributed by atoms with Crippen molar-refractivity contribution in [2.45, 2.75) is 25.3 Å². The van der Waals surface area contributed by atoms with E-state index in [0.717, 1.165) is 22.8 Å². The Hall–Kier alpha value is -2.42. The zero-order valence-electron chi connectivity index (χ0n) is 11.4. The Bertz CT molecular complexity index is 782. The summed E-state index contributed by atoms with van der Waals surface area (Å²) in [4.78, 5) is 14.6. The third kappa shape index (κ3) is 3.57. The number of pyridine rings is 1. The van der Waals surface area contributed by atoms with Crippen molar-refractivity contribution in [3.05, 3.63) is 35.9 Å². The van der Waals surface area contributed by atoms with E-state index in [1.165, 1.54) is 0 Å². The number of carboxylic acid groups (broad SMARTS) is 1. The first kappa shape index (κ1) is 15.0. The minimum absolute atomic E-state index is 0.108. The van der Waals surface area contributed by atoms with Crippen molar-refractivity contribution in [3.8, 4) is 0 Å². The lowest BCUT2D eigenvalue weighted by Crippen LogP contribution is -2.14. The van der Waals surface area contributed by atoms with Gasteiger partial charge in [0.25, 0.3) is 10.0 Å². The van der Waals surface area contributed by atoms with E-state index in [0.29, 0.717) is 11.4 Å². The number of anilines is 1. The Morgan fingerprint density at radius 1 is 1.38 bits per heavy atom. The highest BCUT2D eigenvalue weighted by atomic mass is 32.2. The van der Waals surface area contributed by atoms with Crippen LogP contribution in [-0.2, 0) is 21.4 Å². The van der Waals surface area contributed by atoms with Crippen LogP contribution >= 0.6 is 0 Å². The molecule has 0 aliphatic carbocycles. The van der Waals surface area contributed by atoms with E-state index in [-0.39, 0.29) is 4.90 Å². The number of aromatic nitrogens is 3. The highest BCUT2D eigenvalue weighted by Crippen LogP contribution is 2.18. The molecule has 2 rings (SSSR count). The average Bonchev–Trinajstić information content (AvgIpc) is 2.81. The zero-order valence-corrected chi connectivity index (χ0v) is 12.3. The van der Waals surface area contributed by atoms with Crippen molar-refractivity contribution in [2.24, 2.45) is 0 Å². The van der Waals surface area contributed by atoms with Gasteiger partial charge in [-0.1, -0.05) is 0 Å². The number of carbonyl (C=O) groups is 1. The van der Waals surface area contributed by atoms with Crippen molar-refractivity contribution < 1.29 is 18.3 Å². The van der Waals surface area contributed by atoms with E-state index in [1.54, 1.807) is 26.0 Å². The quantitative estimate of drug-likeness (QED) is 0.843. The van der Waals surface area contributed by atoms with Gasteiger partial charge in [-0.15, -0.1) is 0 Å².